The van der Waals surface area contributed by atoms with Crippen LogP contribution in [-0.4, -0.2) is 38.2 Å². The summed E-state index contributed by atoms with van der Waals surface area (Å²) in [5.74, 6) is -0.265. The number of hydrogen-bond donors (Lipinski definition) is 3. The van der Waals surface area contributed by atoms with E-state index in [1.165, 1.54) is 0 Å². The van der Waals surface area contributed by atoms with Gasteiger partial charge in [-0.05, 0) is 61.9 Å². The van der Waals surface area contributed by atoms with Crippen LogP contribution in [0.1, 0.15) is 36.9 Å². The summed E-state index contributed by atoms with van der Waals surface area (Å²) in [4.78, 5) is 24.2. The molecule has 0 unspecified atom stereocenters. The van der Waals surface area contributed by atoms with Gasteiger partial charge in [-0.3, -0.25) is 9.78 Å². The molecular weight excluding hydrogens is 408 g/mol. The van der Waals surface area contributed by atoms with Gasteiger partial charge in [0.1, 0.15) is 5.60 Å². The van der Waals surface area contributed by atoms with E-state index in [0.717, 1.165) is 22.4 Å². The Morgan fingerprint density at radius 1 is 1.12 bits per heavy atom. The number of anilines is 2. The van der Waals surface area contributed by atoms with Crippen LogP contribution in [0.3, 0.4) is 0 Å². The van der Waals surface area contributed by atoms with Crippen molar-refractivity contribution < 1.29 is 19.7 Å². The Labute approximate surface area is 186 Å². The average Bonchev–Trinajstić information content (AvgIpc) is 2.79. The molecule has 0 spiro atoms. The number of nitrogens with one attached hydrogen (secondary N) is 1. The first-order valence-corrected chi connectivity index (χ1v) is 10.5. The number of hydrogen-bond acceptors (Lipinski definition) is 7. The van der Waals surface area contributed by atoms with E-state index in [2.05, 4.69) is 26.3 Å². The smallest absolute Gasteiger partial charge is 0.306 e. The zero-order valence-electron chi connectivity index (χ0n) is 18.1. The minimum Gasteiger partial charge on any atom is -0.481 e. The minimum atomic E-state index is -1.08. The number of pyridine rings is 1. The van der Waals surface area contributed by atoms with E-state index < -0.39 is 11.6 Å². The van der Waals surface area contributed by atoms with Crippen LogP contribution in [0.4, 0.5) is 11.6 Å². The van der Waals surface area contributed by atoms with Gasteiger partial charge in [-0.1, -0.05) is 12.1 Å². The first-order chi connectivity index (χ1) is 15.4. The highest BCUT2D eigenvalue weighted by atomic mass is 16.5. The number of carboxylic acid groups (broad SMARTS) is 1. The van der Waals surface area contributed by atoms with Gasteiger partial charge in [0.25, 0.3) is 0 Å². The maximum atomic E-state index is 11.2. The highest BCUT2D eigenvalue weighted by Gasteiger charge is 2.38. The Balaban J connectivity index is 1.53. The summed E-state index contributed by atoms with van der Waals surface area (Å²) in [5.41, 5.74) is 3.28. The monoisotopic (exact) mass is 434 g/mol. The number of methoxy groups -OCH3 is 1. The van der Waals surface area contributed by atoms with Crippen molar-refractivity contribution in [3.63, 3.8) is 0 Å². The second kappa shape index (κ2) is 8.92. The van der Waals surface area contributed by atoms with Crippen molar-refractivity contribution in [2.75, 3.05) is 12.4 Å². The van der Waals surface area contributed by atoms with Crippen LogP contribution < -0.4 is 10.1 Å². The Morgan fingerprint density at radius 2 is 1.91 bits per heavy atom. The van der Waals surface area contributed by atoms with Gasteiger partial charge in [-0.25, -0.2) is 4.98 Å². The molecule has 2 aromatic heterocycles. The van der Waals surface area contributed by atoms with Crippen LogP contribution in [0, 0.1) is 12.8 Å². The van der Waals surface area contributed by atoms with Gasteiger partial charge in [0, 0.05) is 29.7 Å². The van der Waals surface area contributed by atoms with Gasteiger partial charge >= 0.3 is 5.97 Å². The molecule has 1 aliphatic carbocycles. The van der Waals surface area contributed by atoms with E-state index >= 15 is 0 Å². The summed E-state index contributed by atoms with van der Waals surface area (Å²) >= 11 is 0. The largest absolute Gasteiger partial charge is 0.481 e. The molecule has 2 heterocycles. The van der Waals surface area contributed by atoms with E-state index in [1.807, 2.05) is 31.2 Å². The number of aromatic nitrogens is 3. The van der Waals surface area contributed by atoms with Crippen molar-refractivity contribution in [1.29, 1.82) is 0 Å². The highest BCUT2D eigenvalue weighted by Crippen LogP contribution is 2.39. The quantitative estimate of drug-likeness (QED) is 0.532. The number of carbonyl (C=O) groups is 1. The van der Waals surface area contributed by atoms with Crippen LogP contribution in [0.2, 0.25) is 0 Å². The standard InChI is InChI=1S/C24H26N4O4/c1-15-11-18(13-19(12-15)27-23-25-10-7-21(28-23)32-2)17-3-4-20(26-14-17)24(31)8-5-16(6-9-24)22(29)30/h3-4,7,10-14,16,31H,5-6,8-9H2,1-2H3,(H,29,30)(H,25,27,28). The van der Waals surface area contributed by atoms with Crippen LogP contribution in [0.15, 0.2) is 48.8 Å². The molecule has 0 radical (unpaired) electrons. The molecule has 0 aliphatic heterocycles. The predicted molar refractivity (Wildman–Crippen MR) is 120 cm³/mol. The summed E-state index contributed by atoms with van der Waals surface area (Å²) in [6.07, 6.45) is 5.08. The molecule has 1 fully saturated rings. The third kappa shape index (κ3) is 4.70. The maximum Gasteiger partial charge on any atom is 0.306 e. The fourth-order valence-corrected chi connectivity index (χ4v) is 4.11. The van der Waals surface area contributed by atoms with E-state index in [4.69, 9.17) is 4.74 Å². The van der Waals surface area contributed by atoms with Crippen LogP contribution >= 0.6 is 0 Å². The van der Waals surface area contributed by atoms with E-state index in [-0.39, 0.29) is 5.92 Å². The molecule has 0 amide bonds. The third-order valence-electron chi connectivity index (χ3n) is 5.91. The molecule has 1 aliphatic rings. The Morgan fingerprint density at radius 3 is 2.56 bits per heavy atom. The summed E-state index contributed by atoms with van der Waals surface area (Å²) in [5, 5.41) is 23.4. The van der Waals surface area contributed by atoms with Gasteiger partial charge in [0.2, 0.25) is 11.8 Å². The van der Waals surface area contributed by atoms with Crippen LogP contribution in [0.5, 0.6) is 5.88 Å². The van der Waals surface area contributed by atoms with Crippen molar-refractivity contribution >= 4 is 17.6 Å². The van der Waals surface area contributed by atoms with Gasteiger partial charge in [-0.2, -0.15) is 4.98 Å². The van der Waals surface area contributed by atoms with Gasteiger partial charge in [0.15, 0.2) is 0 Å². The first-order valence-electron chi connectivity index (χ1n) is 10.5. The maximum absolute atomic E-state index is 11.2. The fraction of sp³-hybridized carbons (Fsp3) is 0.333. The number of aliphatic carboxylic acids is 1. The van der Waals surface area contributed by atoms with Gasteiger partial charge in [-0.15, -0.1) is 0 Å². The molecule has 32 heavy (non-hydrogen) atoms. The Bertz CT molecular complexity index is 1110. The molecule has 0 atom stereocenters. The molecule has 3 N–H and O–H groups in total. The molecule has 0 bridgehead atoms. The summed E-state index contributed by atoms with van der Waals surface area (Å²) in [7, 11) is 1.56. The molecule has 8 heteroatoms. The zero-order valence-corrected chi connectivity index (χ0v) is 18.1. The lowest BCUT2D eigenvalue weighted by Crippen LogP contribution is -2.34. The number of nitrogens with zero attached hydrogens (tertiary/aromatic N) is 3. The van der Waals surface area contributed by atoms with Gasteiger partial charge in [0.05, 0.1) is 18.7 Å². The predicted octanol–water partition coefficient (Wildman–Crippen LogP) is 4.06. The van der Waals surface area contributed by atoms with Crippen molar-refractivity contribution in [2.24, 2.45) is 5.92 Å². The molecule has 1 aromatic carbocycles. The number of aryl methyl sites for hydroxylation is 1. The molecule has 0 saturated heterocycles. The first kappa shape index (κ1) is 21.7. The normalized spacial score (nSPS) is 20.5. The molecule has 3 aromatic rings. The second-order valence-electron chi connectivity index (χ2n) is 8.21. The lowest BCUT2D eigenvalue weighted by atomic mass is 9.77. The van der Waals surface area contributed by atoms with Gasteiger partial charge < -0.3 is 20.3 Å². The van der Waals surface area contributed by atoms with E-state index in [0.29, 0.717) is 43.2 Å². The zero-order chi connectivity index (χ0) is 22.7. The average molecular weight is 434 g/mol. The summed E-state index contributed by atoms with van der Waals surface area (Å²) in [6, 6.07) is 11.5. The Hall–Kier alpha value is -3.52. The summed E-state index contributed by atoms with van der Waals surface area (Å²) < 4.78 is 5.15. The number of benzene rings is 1. The van der Waals surface area contributed by atoms with Crippen molar-refractivity contribution in [1.82, 2.24) is 15.0 Å². The lowest BCUT2D eigenvalue weighted by Gasteiger charge is -2.34. The van der Waals surface area contributed by atoms with E-state index in [9.17, 15) is 15.0 Å². The topological polar surface area (TPSA) is 117 Å². The van der Waals surface area contributed by atoms with E-state index in [1.54, 1.807) is 25.6 Å². The highest BCUT2D eigenvalue weighted by molar-refractivity contribution is 5.71. The van der Waals surface area contributed by atoms with Crippen molar-refractivity contribution in [3.8, 4) is 17.0 Å². The number of ether oxygens (including phenoxy) is 1. The van der Waals surface area contributed by atoms with Crippen LogP contribution in [0.25, 0.3) is 11.1 Å². The Kier molecular flexibility index (Phi) is 6.05. The molecule has 1 saturated carbocycles. The molecule has 8 nitrogen and oxygen atoms in total. The number of carboxylic acids is 1. The molecule has 166 valence electrons. The summed E-state index contributed by atoms with van der Waals surface area (Å²) in [6.45, 7) is 2.01. The molecule has 4 rings (SSSR count). The number of rotatable bonds is 6. The minimum absolute atomic E-state index is 0.388. The lowest BCUT2D eigenvalue weighted by molar-refractivity contribution is -0.145. The fourth-order valence-electron chi connectivity index (χ4n) is 4.11. The van der Waals surface area contributed by atoms with Crippen LogP contribution in [-0.2, 0) is 10.4 Å². The molecular formula is C24H26N4O4. The number of aliphatic hydroxyl groups is 1. The van der Waals surface area contributed by atoms with Crippen molar-refractivity contribution in [2.45, 2.75) is 38.2 Å². The second-order valence-corrected chi connectivity index (χ2v) is 8.21. The van der Waals surface area contributed by atoms with Crippen molar-refractivity contribution in [3.05, 3.63) is 60.0 Å². The SMILES string of the molecule is COc1ccnc(Nc2cc(C)cc(-c3ccc(C4(O)CCC(C(=O)O)CC4)nc3)c2)n1. The third-order valence-corrected chi connectivity index (χ3v) is 5.91.